The third-order valence-corrected chi connectivity index (χ3v) is 3.96. The summed E-state index contributed by atoms with van der Waals surface area (Å²) in [6.07, 6.45) is 2.60. The van der Waals surface area contributed by atoms with E-state index in [0.29, 0.717) is 13.2 Å². The zero-order valence-electron chi connectivity index (χ0n) is 12.7. The van der Waals surface area contributed by atoms with Crippen molar-refractivity contribution in [2.45, 2.75) is 32.0 Å². The van der Waals surface area contributed by atoms with Gasteiger partial charge in [-0.25, -0.2) is 4.79 Å². The number of hydrogen-bond acceptors (Lipinski definition) is 3. The summed E-state index contributed by atoms with van der Waals surface area (Å²) < 4.78 is 5.08. The van der Waals surface area contributed by atoms with Gasteiger partial charge in [-0.1, -0.05) is 18.6 Å². The second-order valence-corrected chi connectivity index (χ2v) is 5.70. The zero-order chi connectivity index (χ0) is 15.2. The minimum atomic E-state index is -0.273. The summed E-state index contributed by atoms with van der Waals surface area (Å²) in [6.45, 7) is 1.11. The van der Waals surface area contributed by atoms with E-state index >= 15 is 0 Å². The second-order valence-electron chi connectivity index (χ2n) is 5.70. The summed E-state index contributed by atoms with van der Waals surface area (Å²) in [6, 6.07) is 7.46. The first kappa shape index (κ1) is 15.8. The SMILES string of the molecule is COCc1cccc(NC(=O)N(C)CC2CCCC2O)c1. The summed E-state index contributed by atoms with van der Waals surface area (Å²) in [7, 11) is 3.41. The van der Waals surface area contributed by atoms with E-state index in [-0.39, 0.29) is 18.1 Å². The number of benzene rings is 1. The van der Waals surface area contributed by atoms with Gasteiger partial charge in [0.2, 0.25) is 0 Å². The van der Waals surface area contributed by atoms with E-state index < -0.39 is 0 Å². The predicted molar refractivity (Wildman–Crippen MR) is 82.2 cm³/mol. The van der Waals surface area contributed by atoms with Crippen LogP contribution < -0.4 is 5.32 Å². The lowest BCUT2D eigenvalue weighted by atomic mass is 10.1. The van der Waals surface area contributed by atoms with Crippen molar-refractivity contribution < 1.29 is 14.6 Å². The predicted octanol–water partition coefficient (Wildman–Crippen LogP) is 2.46. The molecule has 116 valence electrons. The molecule has 1 saturated carbocycles. The molecule has 1 aliphatic carbocycles. The number of nitrogens with zero attached hydrogens (tertiary/aromatic N) is 1. The number of urea groups is 1. The standard InChI is InChI=1S/C16H24N2O3/c1-18(10-13-6-4-8-15(13)19)16(20)17-14-7-3-5-12(9-14)11-21-2/h3,5,7,9,13,15,19H,4,6,8,10-11H2,1-2H3,(H,17,20). The van der Waals surface area contributed by atoms with Crippen LogP contribution in [0.2, 0.25) is 0 Å². The van der Waals surface area contributed by atoms with Crippen LogP contribution >= 0.6 is 0 Å². The van der Waals surface area contributed by atoms with Gasteiger partial charge in [0.25, 0.3) is 0 Å². The Hall–Kier alpha value is -1.59. The van der Waals surface area contributed by atoms with Crippen LogP contribution in [0.15, 0.2) is 24.3 Å². The number of ether oxygens (including phenoxy) is 1. The van der Waals surface area contributed by atoms with Gasteiger partial charge < -0.3 is 20.1 Å². The molecule has 2 atom stereocenters. The average molecular weight is 292 g/mol. The number of aliphatic hydroxyl groups is 1. The maximum Gasteiger partial charge on any atom is 0.321 e. The van der Waals surface area contributed by atoms with E-state index in [2.05, 4.69) is 5.32 Å². The van der Waals surface area contributed by atoms with Crippen molar-refractivity contribution in [3.8, 4) is 0 Å². The molecule has 0 aliphatic heterocycles. The van der Waals surface area contributed by atoms with Crippen LogP contribution in [-0.4, -0.2) is 42.8 Å². The van der Waals surface area contributed by atoms with Crippen LogP contribution in [0.3, 0.4) is 0 Å². The van der Waals surface area contributed by atoms with Gasteiger partial charge in [-0.15, -0.1) is 0 Å². The van der Waals surface area contributed by atoms with Crippen LogP contribution in [0.4, 0.5) is 10.5 Å². The van der Waals surface area contributed by atoms with Crippen molar-refractivity contribution in [1.82, 2.24) is 4.90 Å². The summed E-state index contributed by atoms with van der Waals surface area (Å²) in [5.41, 5.74) is 1.78. The van der Waals surface area contributed by atoms with E-state index in [9.17, 15) is 9.90 Å². The molecule has 5 nitrogen and oxygen atoms in total. The van der Waals surface area contributed by atoms with E-state index in [1.165, 1.54) is 0 Å². The van der Waals surface area contributed by atoms with Gasteiger partial charge in [-0.3, -0.25) is 0 Å². The van der Waals surface area contributed by atoms with Crippen molar-refractivity contribution in [1.29, 1.82) is 0 Å². The molecule has 1 aromatic rings. The number of nitrogens with one attached hydrogen (secondary N) is 1. The monoisotopic (exact) mass is 292 g/mol. The molecule has 2 unspecified atom stereocenters. The van der Waals surface area contributed by atoms with Crippen molar-refractivity contribution in [2.75, 3.05) is 26.0 Å². The quantitative estimate of drug-likeness (QED) is 0.876. The fourth-order valence-electron chi connectivity index (χ4n) is 2.79. The van der Waals surface area contributed by atoms with Crippen molar-refractivity contribution in [3.63, 3.8) is 0 Å². The highest BCUT2D eigenvalue weighted by Crippen LogP contribution is 2.26. The Labute approximate surface area is 125 Å². The van der Waals surface area contributed by atoms with Gasteiger partial charge in [-0.2, -0.15) is 0 Å². The summed E-state index contributed by atoms with van der Waals surface area (Å²) in [4.78, 5) is 13.8. The highest BCUT2D eigenvalue weighted by molar-refractivity contribution is 5.89. The largest absolute Gasteiger partial charge is 0.393 e. The molecule has 5 heteroatoms. The minimum Gasteiger partial charge on any atom is -0.393 e. The number of methoxy groups -OCH3 is 1. The van der Waals surface area contributed by atoms with Crippen LogP contribution in [-0.2, 0) is 11.3 Å². The maximum absolute atomic E-state index is 12.2. The first-order valence-electron chi connectivity index (χ1n) is 7.38. The molecule has 2 amide bonds. The molecular formula is C16H24N2O3. The van der Waals surface area contributed by atoms with Gasteiger partial charge in [0.05, 0.1) is 12.7 Å². The van der Waals surface area contributed by atoms with Crippen molar-refractivity contribution >= 4 is 11.7 Å². The Balaban J connectivity index is 1.89. The molecule has 2 N–H and O–H groups in total. The first-order valence-corrected chi connectivity index (χ1v) is 7.38. The molecule has 21 heavy (non-hydrogen) atoms. The third kappa shape index (κ3) is 4.44. The van der Waals surface area contributed by atoms with Gasteiger partial charge >= 0.3 is 6.03 Å². The average Bonchev–Trinajstić information content (AvgIpc) is 2.85. The van der Waals surface area contributed by atoms with Crippen LogP contribution in [0.1, 0.15) is 24.8 Å². The molecular weight excluding hydrogens is 268 g/mol. The highest BCUT2D eigenvalue weighted by Gasteiger charge is 2.27. The second kappa shape index (κ2) is 7.43. The molecule has 0 heterocycles. The summed E-state index contributed by atoms with van der Waals surface area (Å²) in [5, 5.41) is 12.7. The van der Waals surface area contributed by atoms with Crippen LogP contribution in [0.25, 0.3) is 0 Å². The molecule has 0 saturated heterocycles. The topological polar surface area (TPSA) is 61.8 Å². The van der Waals surface area contributed by atoms with Crippen molar-refractivity contribution in [3.05, 3.63) is 29.8 Å². The molecule has 2 rings (SSSR count). The van der Waals surface area contributed by atoms with E-state index in [0.717, 1.165) is 30.5 Å². The molecule has 1 fully saturated rings. The Morgan fingerprint density at radius 3 is 2.95 bits per heavy atom. The molecule has 0 spiro atoms. The molecule has 0 bridgehead atoms. The van der Waals surface area contributed by atoms with E-state index in [1.807, 2.05) is 24.3 Å². The smallest absolute Gasteiger partial charge is 0.321 e. The molecule has 1 aromatic carbocycles. The van der Waals surface area contributed by atoms with E-state index in [4.69, 9.17) is 4.74 Å². The number of carbonyl (C=O) groups excluding carboxylic acids is 1. The Morgan fingerprint density at radius 2 is 2.29 bits per heavy atom. The maximum atomic E-state index is 12.2. The Morgan fingerprint density at radius 1 is 1.48 bits per heavy atom. The summed E-state index contributed by atoms with van der Waals surface area (Å²) in [5.74, 6) is 0.195. The molecule has 0 radical (unpaired) electrons. The van der Waals surface area contributed by atoms with Crippen molar-refractivity contribution in [2.24, 2.45) is 5.92 Å². The van der Waals surface area contributed by atoms with E-state index in [1.54, 1.807) is 19.1 Å². The fourth-order valence-corrected chi connectivity index (χ4v) is 2.79. The van der Waals surface area contributed by atoms with Gasteiger partial charge in [-0.05, 0) is 30.5 Å². The van der Waals surface area contributed by atoms with Gasteiger partial charge in [0.15, 0.2) is 0 Å². The van der Waals surface area contributed by atoms with Crippen LogP contribution in [0, 0.1) is 5.92 Å². The number of amides is 2. The lowest BCUT2D eigenvalue weighted by molar-refractivity contribution is 0.116. The number of carbonyl (C=O) groups is 1. The third-order valence-electron chi connectivity index (χ3n) is 3.96. The minimum absolute atomic E-state index is 0.149. The first-order chi connectivity index (χ1) is 10.1. The molecule has 1 aliphatic rings. The lowest BCUT2D eigenvalue weighted by Gasteiger charge is -2.23. The lowest BCUT2D eigenvalue weighted by Crippen LogP contribution is -2.37. The zero-order valence-corrected chi connectivity index (χ0v) is 12.7. The summed E-state index contributed by atoms with van der Waals surface area (Å²) >= 11 is 0. The number of aliphatic hydroxyl groups excluding tert-OH is 1. The van der Waals surface area contributed by atoms with Gasteiger partial charge in [0.1, 0.15) is 0 Å². The Kier molecular flexibility index (Phi) is 5.59. The number of hydrogen-bond donors (Lipinski definition) is 2. The van der Waals surface area contributed by atoms with Gasteiger partial charge in [0, 0.05) is 32.3 Å². The fraction of sp³-hybridized carbons (Fsp3) is 0.562. The normalized spacial score (nSPS) is 21.3. The van der Waals surface area contributed by atoms with Crippen LogP contribution in [0.5, 0.6) is 0 Å². The molecule has 0 aromatic heterocycles. The highest BCUT2D eigenvalue weighted by atomic mass is 16.5. The Bertz CT molecular complexity index is 478. The number of rotatable bonds is 5. The number of anilines is 1.